The zero-order valence-corrected chi connectivity index (χ0v) is 14.6. The molecule has 0 N–H and O–H groups in total. The van der Waals surface area contributed by atoms with Crippen molar-refractivity contribution in [2.75, 3.05) is 0 Å². The summed E-state index contributed by atoms with van der Waals surface area (Å²) in [6.07, 6.45) is 2.98. The van der Waals surface area contributed by atoms with Gasteiger partial charge in [-0.2, -0.15) is 0 Å². The quantitative estimate of drug-likeness (QED) is 0.560. The van der Waals surface area contributed by atoms with Crippen LogP contribution in [0.25, 0.3) is 6.08 Å². The van der Waals surface area contributed by atoms with E-state index in [9.17, 15) is 9.59 Å². The summed E-state index contributed by atoms with van der Waals surface area (Å²) in [5.41, 5.74) is 3.04. The standard InChI is InChI=1S/C19H26O4/c1-6-9-16-10-7-8-11-17(16)12-18(13(2)3)19(22-14(4)20)23-15(5)21/h7-8,10-13,19H,6,9H2,1-5H3. The van der Waals surface area contributed by atoms with Gasteiger partial charge in [-0.15, -0.1) is 0 Å². The number of hydrogen-bond donors (Lipinski definition) is 0. The van der Waals surface area contributed by atoms with Gasteiger partial charge in [-0.05, 0) is 29.5 Å². The molecule has 126 valence electrons. The first-order valence-electron chi connectivity index (χ1n) is 7.99. The highest BCUT2D eigenvalue weighted by Gasteiger charge is 2.23. The van der Waals surface area contributed by atoms with Crippen LogP contribution < -0.4 is 0 Å². The van der Waals surface area contributed by atoms with Crippen molar-refractivity contribution >= 4 is 18.0 Å². The van der Waals surface area contributed by atoms with E-state index in [-0.39, 0.29) is 5.92 Å². The summed E-state index contributed by atoms with van der Waals surface area (Å²) in [5, 5.41) is 0. The predicted octanol–water partition coefficient (Wildman–Crippen LogP) is 4.13. The Balaban J connectivity index is 3.26. The molecule has 0 fully saturated rings. The van der Waals surface area contributed by atoms with E-state index in [2.05, 4.69) is 13.0 Å². The molecule has 0 radical (unpaired) electrons. The molecule has 1 rings (SSSR count). The number of aryl methyl sites for hydroxylation is 1. The number of carbonyl (C=O) groups is 2. The topological polar surface area (TPSA) is 52.6 Å². The molecular formula is C19H26O4. The van der Waals surface area contributed by atoms with Gasteiger partial charge in [0.2, 0.25) is 0 Å². The molecule has 23 heavy (non-hydrogen) atoms. The first-order valence-corrected chi connectivity index (χ1v) is 7.99. The Hall–Kier alpha value is -2.10. The molecule has 0 spiro atoms. The van der Waals surface area contributed by atoms with Crippen molar-refractivity contribution in [1.82, 2.24) is 0 Å². The molecule has 0 atom stereocenters. The molecular weight excluding hydrogens is 292 g/mol. The minimum Gasteiger partial charge on any atom is -0.421 e. The Kier molecular flexibility index (Phi) is 7.52. The van der Waals surface area contributed by atoms with Gasteiger partial charge in [0, 0.05) is 19.4 Å². The van der Waals surface area contributed by atoms with Crippen molar-refractivity contribution < 1.29 is 19.1 Å². The van der Waals surface area contributed by atoms with Crippen LogP contribution in [0.4, 0.5) is 0 Å². The minimum atomic E-state index is -0.986. The second kappa shape index (κ2) is 9.13. The van der Waals surface area contributed by atoms with Gasteiger partial charge in [0.05, 0.1) is 0 Å². The normalized spacial score (nSPS) is 11.7. The van der Waals surface area contributed by atoms with Crippen LogP contribution in [-0.2, 0) is 25.5 Å². The van der Waals surface area contributed by atoms with Crippen LogP contribution in [0.3, 0.4) is 0 Å². The van der Waals surface area contributed by atoms with Crippen LogP contribution in [0.5, 0.6) is 0 Å². The van der Waals surface area contributed by atoms with Crippen LogP contribution in [-0.4, -0.2) is 18.2 Å². The fourth-order valence-corrected chi connectivity index (χ4v) is 2.32. The lowest BCUT2D eigenvalue weighted by atomic mass is 9.96. The molecule has 0 unspecified atom stereocenters. The molecule has 0 saturated carbocycles. The molecule has 4 nitrogen and oxygen atoms in total. The molecule has 0 heterocycles. The molecule has 0 aromatic heterocycles. The van der Waals surface area contributed by atoms with Crippen LogP contribution in [0.1, 0.15) is 52.2 Å². The first kappa shape index (κ1) is 18.9. The zero-order valence-electron chi connectivity index (χ0n) is 14.6. The van der Waals surface area contributed by atoms with Crippen molar-refractivity contribution in [3.63, 3.8) is 0 Å². The van der Waals surface area contributed by atoms with Gasteiger partial charge < -0.3 is 9.47 Å². The number of benzene rings is 1. The summed E-state index contributed by atoms with van der Waals surface area (Å²) in [4.78, 5) is 22.7. The average Bonchev–Trinajstić information content (AvgIpc) is 2.44. The second-order valence-electron chi connectivity index (χ2n) is 5.80. The van der Waals surface area contributed by atoms with E-state index >= 15 is 0 Å². The Labute approximate surface area is 138 Å². The summed E-state index contributed by atoms with van der Waals surface area (Å²) >= 11 is 0. The van der Waals surface area contributed by atoms with Gasteiger partial charge in [-0.25, -0.2) is 0 Å². The van der Waals surface area contributed by atoms with Crippen LogP contribution >= 0.6 is 0 Å². The number of carbonyl (C=O) groups excluding carboxylic acids is 2. The Morgan fingerprint density at radius 1 is 1.09 bits per heavy atom. The van der Waals surface area contributed by atoms with Gasteiger partial charge in [-0.3, -0.25) is 9.59 Å². The highest BCUT2D eigenvalue weighted by atomic mass is 16.7. The summed E-state index contributed by atoms with van der Waals surface area (Å²) in [6, 6.07) is 8.08. The van der Waals surface area contributed by atoms with Crippen molar-refractivity contribution in [3.05, 3.63) is 41.0 Å². The van der Waals surface area contributed by atoms with Crippen molar-refractivity contribution in [3.8, 4) is 0 Å². The Morgan fingerprint density at radius 2 is 1.65 bits per heavy atom. The summed E-state index contributed by atoms with van der Waals surface area (Å²) in [6.45, 7) is 8.70. The van der Waals surface area contributed by atoms with Gasteiger partial charge >= 0.3 is 11.9 Å². The fraction of sp³-hybridized carbons (Fsp3) is 0.474. The molecule has 0 saturated heterocycles. The summed E-state index contributed by atoms with van der Waals surface area (Å²) < 4.78 is 10.4. The highest BCUT2D eigenvalue weighted by molar-refractivity contribution is 5.69. The third-order valence-electron chi connectivity index (χ3n) is 3.38. The maximum absolute atomic E-state index is 11.3. The third-order valence-corrected chi connectivity index (χ3v) is 3.38. The summed E-state index contributed by atoms with van der Waals surface area (Å²) in [5.74, 6) is -0.900. The highest BCUT2D eigenvalue weighted by Crippen LogP contribution is 2.24. The minimum absolute atomic E-state index is 0.0633. The molecule has 1 aromatic rings. The Morgan fingerprint density at radius 3 is 2.13 bits per heavy atom. The van der Waals surface area contributed by atoms with E-state index in [1.165, 1.54) is 19.4 Å². The molecule has 4 heteroatoms. The van der Waals surface area contributed by atoms with E-state index < -0.39 is 18.2 Å². The first-order chi connectivity index (χ1) is 10.8. The lowest BCUT2D eigenvalue weighted by Crippen LogP contribution is -2.27. The van der Waals surface area contributed by atoms with Crippen LogP contribution in [0, 0.1) is 5.92 Å². The SMILES string of the molecule is CCCc1ccccc1C=C(C(C)C)C(OC(C)=O)OC(C)=O. The lowest BCUT2D eigenvalue weighted by Gasteiger charge is -2.23. The number of esters is 2. The van der Waals surface area contributed by atoms with Crippen LogP contribution in [0.15, 0.2) is 29.8 Å². The van der Waals surface area contributed by atoms with Crippen molar-refractivity contribution in [2.24, 2.45) is 5.92 Å². The number of ether oxygens (including phenoxy) is 2. The predicted molar refractivity (Wildman–Crippen MR) is 90.6 cm³/mol. The van der Waals surface area contributed by atoms with E-state index in [0.717, 1.165) is 24.0 Å². The van der Waals surface area contributed by atoms with Gasteiger partial charge in [0.15, 0.2) is 0 Å². The number of hydrogen-bond acceptors (Lipinski definition) is 4. The smallest absolute Gasteiger partial charge is 0.305 e. The molecule has 1 aromatic carbocycles. The van der Waals surface area contributed by atoms with Gasteiger partial charge in [0.25, 0.3) is 6.29 Å². The van der Waals surface area contributed by atoms with E-state index in [1.807, 2.05) is 38.1 Å². The summed E-state index contributed by atoms with van der Waals surface area (Å²) in [7, 11) is 0. The third kappa shape index (κ3) is 6.27. The van der Waals surface area contributed by atoms with E-state index in [0.29, 0.717) is 0 Å². The zero-order chi connectivity index (χ0) is 17.4. The molecule has 0 bridgehead atoms. The molecule has 0 aliphatic rings. The van der Waals surface area contributed by atoms with Crippen molar-refractivity contribution in [2.45, 2.75) is 53.8 Å². The maximum Gasteiger partial charge on any atom is 0.305 e. The lowest BCUT2D eigenvalue weighted by molar-refractivity contribution is -0.178. The fourth-order valence-electron chi connectivity index (χ4n) is 2.32. The monoisotopic (exact) mass is 318 g/mol. The largest absolute Gasteiger partial charge is 0.421 e. The number of rotatable bonds is 7. The maximum atomic E-state index is 11.3. The molecule has 0 aliphatic heterocycles. The van der Waals surface area contributed by atoms with E-state index in [1.54, 1.807) is 0 Å². The molecule has 0 aliphatic carbocycles. The van der Waals surface area contributed by atoms with Crippen molar-refractivity contribution in [1.29, 1.82) is 0 Å². The molecule has 0 amide bonds. The van der Waals surface area contributed by atoms with Crippen LogP contribution in [0.2, 0.25) is 0 Å². The Bertz CT molecular complexity index is 556. The average molecular weight is 318 g/mol. The second-order valence-corrected chi connectivity index (χ2v) is 5.80. The van der Waals surface area contributed by atoms with Gasteiger partial charge in [0.1, 0.15) is 0 Å². The van der Waals surface area contributed by atoms with Gasteiger partial charge in [-0.1, -0.05) is 51.5 Å². The van der Waals surface area contributed by atoms with E-state index in [4.69, 9.17) is 9.47 Å².